The van der Waals surface area contributed by atoms with Gasteiger partial charge < -0.3 is 43.6 Å². The first-order valence-corrected chi connectivity index (χ1v) is 15.9. The number of hydrogen-bond acceptors (Lipinski definition) is 17. The van der Waals surface area contributed by atoms with E-state index in [9.17, 15) is 24.2 Å². The van der Waals surface area contributed by atoms with Crippen molar-refractivity contribution in [2.75, 3.05) is 66.2 Å². The average Bonchev–Trinajstić information content (AvgIpc) is 3.60. The highest BCUT2D eigenvalue weighted by Crippen LogP contribution is 2.45. The van der Waals surface area contributed by atoms with Crippen molar-refractivity contribution in [2.24, 2.45) is 0 Å². The minimum absolute atomic E-state index is 0.0555. The minimum atomic E-state index is -2.81. The molecule has 0 amide bonds. The van der Waals surface area contributed by atoms with Crippen LogP contribution in [0, 0.1) is 11.3 Å². The van der Waals surface area contributed by atoms with Crippen LogP contribution >= 0.6 is 8.18 Å². The van der Waals surface area contributed by atoms with Gasteiger partial charge in [-0.15, -0.1) is 4.52 Å². The summed E-state index contributed by atoms with van der Waals surface area (Å²) < 4.78 is 62.9. The van der Waals surface area contributed by atoms with E-state index in [4.69, 9.17) is 48.2 Å². The zero-order valence-corrected chi connectivity index (χ0v) is 28.1. The fourth-order valence-electron chi connectivity index (χ4n) is 4.42. The van der Waals surface area contributed by atoms with Crippen LogP contribution in [0.25, 0.3) is 5.52 Å². The SMILES string of the molecule is COCCOCC(=O)O[C@H]1[C@H](c2ccc3c(N)ncnn23)O[C@](C#N)(CO[P+](=O)N[C@@H](C)C(=O)OC(C)C)[C@H]1OC(=O)COCCOC. The number of anilines is 1. The third-order valence-electron chi connectivity index (χ3n) is 6.62. The molecule has 2 aromatic heterocycles. The standard InChI is InChI=1S/C28H40N6O13P/c1-17(2)44-27(37)18(3)33-48(38)43-15-28(14-29)25(46-22(36)13-42-11-9-40-5)24(45-21(35)12-41-10-8-39-4)23(47-28)19-6-7-20-26(30)31-16-32-34(19)20/h6-7,16-18,23-25H,8-13,15H2,1-5H3,(H,33,38)(H2,30,31,32)/q+1/t18-,23-,24-,25-,28+/m0/s1. The molecule has 19 nitrogen and oxygen atoms in total. The number of esters is 3. The van der Waals surface area contributed by atoms with E-state index in [2.05, 4.69) is 15.2 Å². The lowest BCUT2D eigenvalue weighted by Crippen LogP contribution is -2.50. The minimum Gasteiger partial charge on any atom is -0.462 e. The Labute approximate surface area is 277 Å². The molecule has 1 unspecified atom stereocenters. The second-order valence-corrected chi connectivity index (χ2v) is 11.6. The van der Waals surface area contributed by atoms with Crippen LogP contribution in [0.1, 0.15) is 32.6 Å². The molecule has 3 heterocycles. The summed E-state index contributed by atoms with van der Waals surface area (Å²) in [5, 5.41) is 17.2. The maximum absolute atomic E-state index is 13.0. The van der Waals surface area contributed by atoms with Gasteiger partial charge in [0.1, 0.15) is 43.3 Å². The van der Waals surface area contributed by atoms with Gasteiger partial charge >= 0.3 is 26.1 Å². The molecule has 0 aliphatic carbocycles. The summed E-state index contributed by atoms with van der Waals surface area (Å²) in [6.45, 7) is 3.38. The number of rotatable bonds is 20. The molecule has 3 N–H and O–H groups in total. The van der Waals surface area contributed by atoms with E-state index < -0.39 is 82.0 Å². The van der Waals surface area contributed by atoms with Crippen LogP contribution < -0.4 is 10.8 Å². The van der Waals surface area contributed by atoms with E-state index in [1.54, 1.807) is 26.0 Å². The van der Waals surface area contributed by atoms with Crippen molar-refractivity contribution >= 4 is 37.4 Å². The number of carbonyl (C=O) groups excluding carboxylic acids is 3. The number of hydrogen-bond donors (Lipinski definition) is 2. The first kappa shape index (κ1) is 38.6. The fourth-order valence-corrected chi connectivity index (χ4v) is 5.23. The van der Waals surface area contributed by atoms with Gasteiger partial charge in [-0.2, -0.15) is 10.4 Å². The molecule has 6 atom stereocenters. The number of ether oxygens (including phenoxy) is 8. The summed E-state index contributed by atoms with van der Waals surface area (Å²) in [5.41, 5.74) is 4.38. The summed E-state index contributed by atoms with van der Waals surface area (Å²) in [4.78, 5) is 42.2. The topological polar surface area (TPSA) is 243 Å². The summed E-state index contributed by atoms with van der Waals surface area (Å²) in [5.74, 6) is -2.41. The summed E-state index contributed by atoms with van der Waals surface area (Å²) >= 11 is 0. The van der Waals surface area contributed by atoms with Crippen molar-refractivity contribution < 1.29 is 61.4 Å². The number of nitrogens with two attached hydrogens (primary N) is 1. The highest BCUT2D eigenvalue weighted by molar-refractivity contribution is 7.36. The molecule has 0 aromatic carbocycles. The number of carbonyl (C=O) groups is 3. The first-order chi connectivity index (χ1) is 23.0. The highest BCUT2D eigenvalue weighted by atomic mass is 31.1. The molecule has 2 aromatic rings. The summed E-state index contributed by atoms with van der Waals surface area (Å²) in [7, 11) is 0.102. The number of methoxy groups -OCH3 is 2. The van der Waals surface area contributed by atoms with Crippen molar-refractivity contribution in [2.45, 2.75) is 56.8 Å². The molecule has 264 valence electrons. The average molecular weight is 700 g/mol. The maximum atomic E-state index is 13.0. The molecule has 0 bridgehead atoms. The van der Waals surface area contributed by atoms with Gasteiger partial charge in [-0.05, 0) is 37.5 Å². The van der Waals surface area contributed by atoms with E-state index in [1.807, 2.05) is 6.07 Å². The van der Waals surface area contributed by atoms with Crippen molar-refractivity contribution in [1.29, 1.82) is 5.26 Å². The third kappa shape index (κ3) is 10.3. The number of fused-ring (bicyclic) bond motifs is 1. The monoisotopic (exact) mass is 699 g/mol. The van der Waals surface area contributed by atoms with Gasteiger partial charge in [0.15, 0.2) is 24.6 Å². The number of nitrogen functional groups attached to an aromatic ring is 1. The molecule has 3 rings (SSSR count). The molecule has 1 aliphatic rings. The van der Waals surface area contributed by atoms with E-state index in [0.29, 0.717) is 5.52 Å². The molecule has 0 spiro atoms. The Balaban J connectivity index is 1.97. The van der Waals surface area contributed by atoms with Crippen molar-refractivity contribution in [3.63, 3.8) is 0 Å². The van der Waals surface area contributed by atoms with Crippen molar-refractivity contribution in [1.82, 2.24) is 19.7 Å². The summed E-state index contributed by atoms with van der Waals surface area (Å²) in [6.07, 6.45) is -3.75. The second-order valence-electron chi connectivity index (χ2n) is 10.6. The van der Waals surface area contributed by atoms with Crippen LogP contribution in [0.2, 0.25) is 0 Å². The smallest absolute Gasteiger partial charge is 0.462 e. The predicted molar refractivity (Wildman–Crippen MR) is 162 cm³/mol. The van der Waals surface area contributed by atoms with Crippen LogP contribution in [0.15, 0.2) is 18.5 Å². The molecule has 48 heavy (non-hydrogen) atoms. The molecule has 0 saturated carbocycles. The van der Waals surface area contributed by atoms with Crippen LogP contribution in [-0.4, -0.2) is 123 Å². The van der Waals surface area contributed by atoms with Gasteiger partial charge in [-0.3, -0.25) is 4.79 Å². The quantitative estimate of drug-likeness (QED) is 0.0822. The Morgan fingerprint density at radius 1 is 1.08 bits per heavy atom. The van der Waals surface area contributed by atoms with Crippen LogP contribution in [-0.2, 0) is 61.4 Å². The Morgan fingerprint density at radius 3 is 2.33 bits per heavy atom. The van der Waals surface area contributed by atoms with E-state index >= 15 is 0 Å². The lowest BCUT2D eigenvalue weighted by molar-refractivity contribution is -0.175. The number of nitriles is 1. The Hall–Kier alpha value is -3.86. The molecule has 1 aliphatic heterocycles. The predicted octanol–water partition coefficient (Wildman–Crippen LogP) is 0.398. The zero-order chi connectivity index (χ0) is 35.3. The molecule has 20 heteroatoms. The molecular weight excluding hydrogens is 659 g/mol. The highest BCUT2D eigenvalue weighted by Gasteiger charge is 2.62. The lowest BCUT2D eigenvalue weighted by Gasteiger charge is -2.27. The molecule has 1 saturated heterocycles. The third-order valence-corrected chi connectivity index (χ3v) is 7.58. The Morgan fingerprint density at radius 2 is 1.73 bits per heavy atom. The second kappa shape index (κ2) is 18.6. The zero-order valence-electron chi connectivity index (χ0n) is 27.2. The van der Waals surface area contributed by atoms with Crippen LogP contribution in [0.4, 0.5) is 5.82 Å². The maximum Gasteiger partial charge on any atom is 0.613 e. The fraction of sp³-hybridized carbons (Fsp3) is 0.643. The van der Waals surface area contributed by atoms with Crippen molar-refractivity contribution in [3.05, 3.63) is 24.2 Å². The van der Waals surface area contributed by atoms with Crippen LogP contribution in [0.3, 0.4) is 0 Å². The Bertz CT molecular complexity index is 1450. The van der Waals surface area contributed by atoms with Gasteiger partial charge in [0.25, 0.3) is 0 Å². The van der Waals surface area contributed by atoms with E-state index in [-0.39, 0.29) is 37.9 Å². The van der Waals surface area contributed by atoms with Gasteiger partial charge in [-0.1, -0.05) is 5.09 Å². The number of nitrogens with one attached hydrogen (secondary N) is 1. The number of aromatic nitrogens is 3. The largest absolute Gasteiger partial charge is 0.613 e. The van der Waals surface area contributed by atoms with Crippen LogP contribution in [0.5, 0.6) is 0 Å². The molecule has 1 fully saturated rings. The normalized spacial score (nSPS) is 21.5. The van der Waals surface area contributed by atoms with Gasteiger partial charge in [-0.25, -0.2) is 19.1 Å². The molecular formula is C28H40N6O13P+. The van der Waals surface area contributed by atoms with Gasteiger partial charge in [0.2, 0.25) is 5.60 Å². The van der Waals surface area contributed by atoms with E-state index in [1.165, 1.54) is 32.0 Å². The first-order valence-electron chi connectivity index (χ1n) is 14.7. The molecule has 0 radical (unpaired) electrons. The van der Waals surface area contributed by atoms with Gasteiger partial charge in [0.05, 0.1) is 38.2 Å². The summed E-state index contributed by atoms with van der Waals surface area (Å²) in [6, 6.07) is 4.02. The van der Waals surface area contributed by atoms with Crippen molar-refractivity contribution in [3.8, 4) is 6.07 Å². The van der Waals surface area contributed by atoms with Gasteiger partial charge in [0, 0.05) is 14.2 Å². The number of nitrogens with zero attached hydrogens (tertiary/aromatic N) is 4. The lowest BCUT2D eigenvalue weighted by atomic mass is 9.95. The van der Waals surface area contributed by atoms with E-state index in [0.717, 1.165) is 0 Å². The Kier molecular flexibility index (Phi) is 15.0.